The highest BCUT2D eigenvalue weighted by atomic mass is 16.5. The summed E-state index contributed by atoms with van der Waals surface area (Å²) in [4.78, 5) is 17.0. The van der Waals surface area contributed by atoms with Crippen LogP contribution in [0.4, 0.5) is 5.95 Å². The first-order valence-corrected chi connectivity index (χ1v) is 12.1. The molecule has 3 aromatic carbocycles. The van der Waals surface area contributed by atoms with Crippen molar-refractivity contribution < 1.29 is 4.74 Å². The lowest BCUT2D eigenvalue weighted by atomic mass is 10.2. The molecule has 0 saturated carbocycles. The van der Waals surface area contributed by atoms with Crippen molar-refractivity contribution in [1.82, 2.24) is 24.0 Å². The number of hydrogen-bond donors (Lipinski definition) is 0. The van der Waals surface area contributed by atoms with E-state index in [0.29, 0.717) is 5.95 Å². The molecule has 3 heterocycles. The summed E-state index contributed by atoms with van der Waals surface area (Å²) in [5.41, 5.74) is 5.34. The van der Waals surface area contributed by atoms with Crippen molar-refractivity contribution >= 4 is 34.2 Å². The molecular weight excluding hydrogens is 436 g/mol. The van der Waals surface area contributed by atoms with Gasteiger partial charge in [-0.15, -0.1) is 0 Å². The highest BCUT2D eigenvalue weighted by molar-refractivity contribution is 5.87. The Bertz CT molecular complexity index is 1460. The van der Waals surface area contributed by atoms with E-state index in [9.17, 15) is 0 Å². The third-order valence-electron chi connectivity index (χ3n) is 6.54. The van der Waals surface area contributed by atoms with Gasteiger partial charge in [-0.3, -0.25) is 4.90 Å². The lowest BCUT2D eigenvalue weighted by Crippen LogP contribution is -2.38. The van der Waals surface area contributed by atoms with Crippen LogP contribution in [0.3, 0.4) is 0 Å². The van der Waals surface area contributed by atoms with Crippen LogP contribution >= 0.6 is 0 Å². The number of fused-ring (bicyclic) bond motifs is 2. The molecule has 0 unspecified atom stereocenters. The van der Waals surface area contributed by atoms with Gasteiger partial charge in [-0.05, 0) is 29.8 Å². The summed E-state index contributed by atoms with van der Waals surface area (Å²) in [6, 6.07) is 26.9. The van der Waals surface area contributed by atoms with Crippen molar-refractivity contribution in [2.75, 3.05) is 32.8 Å². The van der Waals surface area contributed by atoms with Crippen LogP contribution in [0.2, 0.25) is 0 Å². The number of para-hydroxylation sites is 4. The minimum atomic E-state index is 0.706. The molecule has 1 aliphatic rings. The zero-order chi connectivity index (χ0) is 23.5. The summed E-state index contributed by atoms with van der Waals surface area (Å²) < 4.78 is 9.93. The van der Waals surface area contributed by atoms with Crippen LogP contribution in [0.25, 0.3) is 22.1 Å². The number of rotatable bonds is 7. The Hall–Kier alpha value is -3.81. The average Bonchev–Trinajstić information content (AvgIpc) is 3.45. The maximum atomic E-state index is 5.50. The molecule has 0 N–H and O–H groups in total. The van der Waals surface area contributed by atoms with Gasteiger partial charge in [0.15, 0.2) is 5.82 Å². The first-order chi connectivity index (χ1) is 17.3. The Labute approximate surface area is 204 Å². The van der Waals surface area contributed by atoms with Crippen molar-refractivity contribution in [2.45, 2.75) is 13.1 Å². The van der Waals surface area contributed by atoms with Gasteiger partial charge < -0.3 is 13.9 Å². The van der Waals surface area contributed by atoms with Crippen LogP contribution in [0, 0.1) is 0 Å². The van der Waals surface area contributed by atoms with E-state index in [0.717, 1.165) is 73.8 Å². The maximum absolute atomic E-state index is 5.50. The Morgan fingerprint density at radius 3 is 2.17 bits per heavy atom. The largest absolute Gasteiger partial charge is 0.379 e. The van der Waals surface area contributed by atoms with E-state index in [1.54, 1.807) is 0 Å². The van der Waals surface area contributed by atoms with Crippen molar-refractivity contribution in [3.63, 3.8) is 0 Å². The second-order valence-electron chi connectivity index (χ2n) is 8.79. The number of hydrogen-bond acceptors (Lipinski definition) is 5. The normalized spacial score (nSPS) is 15.0. The van der Waals surface area contributed by atoms with Gasteiger partial charge in [0, 0.05) is 32.7 Å². The van der Waals surface area contributed by atoms with Crippen LogP contribution in [-0.2, 0) is 17.8 Å². The molecule has 0 aliphatic carbocycles. The summed E-state index contributed by atoms with van der Waals surface area (Å²) in [6.45, 7) is 6.03. The first-order valence-electron chi connectivity index (χ1n) is 12.1. The molecule has 5 aromatic rings. The average molecular weight is 465 g/mol. The molecule has 6 rings (SSSR count). The molecule has 1 fully saturated rings. The Morgan fingerprint density at radius 2 is 1.40 bits per heavy atom. The predicted octanol–water partition coefficient (Wildman–Crippen LogP) is 4.52. The van der Waals surface area contributed by atoms with Gasteiger partial charge in [0.25, 0.3) is 0 Å². The molecule has 0 atom stereocenters. The van der Waals surface area contributed by atoms with E-state index in [1.165, 1.54) is 5.56 Å². The molecule has 35 heavy (non-hydrogen) atoms. The standard InChI is InChI=1S/C28H28N6O/c1-2-8-22(9-3-1)21-34-26-13-7-4-10-23(26)30-27(34)20-29-28-31-24-11-5-6-12-25(24)33(28)15-14-32-16-18-35-19-17-32/h1-13,20H,14-19,21H2. The number of aromatic nitrogens is 4. The molecule has 2 aromatic heterocycles. The molecule has 1 aliphatic heterocycles. The van der Waals surface area contributed by atoms with Gasteiger partial charge in [-0.1, -0.05) is 54.6 Å². The number of aliphatic imine (C=N–C) groups is 1. The van der Waals surface area contributed by atoms with Crippen molar-refractivity contribution in [3.8, 4) is 0 Å². The highest BCUT2D eigenvalue weighted by Crippen LogP contribution is 2.23. The summed E-state index contributed by atoms with van der Waals surface area (Å²) in [5.74, 6) is 1.53. The van der Waals surface area contributed by atoms with Crippen LogP contribution in [0.5, 0.6) is 0 Å². The fraction of sp³-hybridized carbons (Fsp3) is 0.250. The van der Waals surface area contributed by atoms with Gasteiger partial charge >= 0.3 is 0 Å². The maximum Gasteiger partial charge on any atom is 0.230 e. The zero-order valence-electron chi connectivity index (χ0n) is 19.6. The van der Waals surface area contributed by atoms with Gasteiger partial charge in [-0.2, -0.15) is 0 Å². The molecule has 7 nitrogen and oxygen atoms in total. The summed E-state index contributed by atoms with van der Waals surface area (Å²) >= 11 is 0. The number of imidazole rings is 2. The monoisotopic (exact) mass is 464 g/mol. The summed E-state index contributed by atoms with van der Waals surface area (Å²) in [7, 11) is 0. The minimum Gasteiger partial charge on any atom is -0.379 e. The highest BCUT2D eigenvalue weighted by Gasteiger charge is 2.15. The molecule has 0 radical (unpaired) electrons. The number of benzene rings is 3. The third kappa shape index (κ3) is 4.60. The fourth-order valence-corrected chi connectivity index (χ4v) is 4.69. The molecule has 1 saturated heterocycles. The lowest BCUT2D eigenvalue weighted by molar-refractivity contribution is 0.0366. The zero-order valence-corrected chi connectivity index (χ0v) is 19.6. The van der Waals surface area contributed by atoms with Gasteiger partial charge in [0.05, 0.1) is 41.5 Å². The smallest absolute Gasteiger partial charge is 0.230 e. The Balaban J connectivity index is 1.35. The molecule has 7 heteroatoms. The SMILES string of the molecule is C(=Nc1nc2ccccc2n1CCN1CCOCC1)c1nc2ccccc2n1Cc1ccccc1. The van der Waals surface area contributed by atoms with Gasteiger partial charge in [0.1, 0.15) is 0 Å². The van der Waals surface area contributed by atoms with E-state index in [2.05, 4.69) is 62.6 Å². The second-order valence-corrected chi connectivity index (χ2v) is 8.79. The van der Waals surface area contributed by atoms with Gasteiger partial charge in [-0.25, -0.2) is 15.0 Å². The van der Waals surface area contributed by atoms with Crippen LogP contribution in [-0.4, -0.2) is 63.1 Å². The predicted molar refractivity (Wildman–Crippen MR) is 140 cm³/mol. The van der Waals surface area contributed by atoms with Crippen LogP contribution in [0.1, 0.15) is 11.4 Å². The summed E-state index contributed by atoms with van der Waals surface area (Å²) in [6.07, 6.45) is 1.86. The number of ether oxygens (including phenoxy) is 1. The number of nitrogens with zero attached hydrogens (tertiary/aromatic N) is 6. The van der Waals surface area contributed by atoms with Crippen LogP contribution < -0.4 is 0 Å². The molecule has 176 valence electrons. The minimum absolute atomic E-state index is 0.706. The van der Waals surface area contributed by atoms with E-state index in [-0.39, 0.29) is 0 Å². The molecular formula is C28H28N6O. The Kier molecular flexibility index (Phi) is 6.09. The van der Waals surface area contributed by atoms with E-state index in [4.69, 9.17) is 19.7 Å². The van der Waals surface area contributed by atoms with E-state index in [1.807, 2.05) is 36.5 Å². The second kappa shape index (κ2) is 9.82. The molecule has 0 bridgehead atoms. The summed E-state index contributed by atoms with van der Waals surface area (Å²) in [5, 5.41) is 0. The number of morpholine rings is 1. The van der Waals surface area contributed by atoms with Crippen molar-refractivity contribution in [3.05, 3.63) is 90.3 Å². The Morgan fingerprint density at radius 1 is 0.743 bits per heavy atom. The first kappa shape index (κ1) is 21.7. The van der Waals surface area contributed by atoms with Gasteiger partial charge in [0.2, 0.25) is 5.95 Å². The fourth-order valence-electron chi connectivity index (χ4n) is 4.69. The van der Waals surface area contributed by atoms with Crippen molar-refractivity contribution in [2.24, 2.45) is 4.99 Å². The molecule has 0 spiro atoms. The topological polar surface area (TPSA) is 60.5 Å². The third-order valence-corrected chi connectivity index (χ3v) is 6.54. The lowest BCUT2D eigenvalue weighted by Gasteiger charge is -2.26. The van der Waals surface area contributed by atoms with E-state index >= 15 is 0 Å². The van der Waals surface area contributed by atoms with Crippen LogP contribution in [0.15, 0.2) is 83.9 Å². The van der Waals surface area contributed by atoms with E-state index < -0.39 is 0 Å². The van der Waals surface area contributed by atoms with Crippen molar-refractivity contribution in [1.29, 1.82) is 0 Å². The quantitative estimate of drug-likeness (QED) is 0.333. The molecule has 0 amide bonds.